The summed E-state index contributed by atoms with van der Waals surface area (Å²) in [5, 5.41) is 5.96. The van der Waals surface area contributed by atoms with Gasteiger partial charge in [0.05, 0.1) is 0 Å². The van der Waals surface area contributed by atoms with Crippen LogP contribution in [0.25, 0.3) is 0 Å². The van der Waals surface area contributed by atoms with Crippen molar-refractivity contribution in [3.8, 4) is 0 Å². The van der Waals surface area contributed by atoms with E-state index in [9.17, 15) is 8.42 Å². The van der Waals surface area contributed by atoms with Crippen LogP contribution in [0.1, 0.15) is 32.8 Å². The highest BCUT2D eigenvalue weighted by molar-refractivity contribution is 8.00. The van der Waals surface area contributed by atoms with E-state index in [-0.39, 0.29) is 0 Å². The molecule has 1 aromatic rings. The quantitative estimate of drug-likeness (QED) is 0.803. The van der Waals surface area contributed by atoms with Crippen molar-refractivity contribution in [2.24, 2.45) is 0 Å². The predicted molar refractivity (Wildman–Crippen MR) is 91.6 cm³/mol. The molecular formula is C14H24N2O2S3. The van der Waals surface area contributed by atoms with Gasteiger partial charge in [-0.1, -0.05) is 20.8 Å². The van der Waals surface area contributed by atoms with Crippen LogP contribution in [0.3, 0.4) is 0 Å². The minimum Gasteiger partial charge on any atom is -0.313 e. The minimum atomic E-state index is -3.33. The zero-order chi connectivity index (χ0) is 15.5. The number of hydrogen-bond acceptors (Lipinski definition) is 5. The fraction of sp³-hybridized carbons (Fsp3) is 0.714. The van der Waals surface area contributed by atoms with Crippen LogP contribution in [0.15, 0.2) is 15.7 Å². The molecule has 2 atom stereocenters. The van der Waals surface area contributed by atoms with Gasteiger partial charge < -0.3 is 5.32 Å². The Morgan fingerprint density at radius 1 is 1.33 bits per heavy atom. The highest BCUT2D eigenvalue weighted by atomic mass is 32.2. The Bertz CT molecular complexity index is 546. The van der Waals surface area contributed by atoms with E-state index in [1.165, 1.54) is 11.3 Å². The minimum absolute atomic E-state index is 0.356. The monoisotopic (exact) mass is 348 g/mol. The molecule has 120 valence electrons. The maximum absolute atomic E-state index is 12.7. The van der Waals surface area contributed by atoms with Gasteiger partial charge in [0.2, 0.25) is 0 Å². The molecule has 0 spiro atoms. The molecule has 1 fully saturated rings. The molecule has 1 saturated heterocycles. The summed E-state index contributed by atoms with van der Waals surface area (Å²) < 4.78 is 27.6. The van der Waals surface area contributed by atoms with Gasteiger partial charge >= 0.3 is 0 Å². The van der Waals surface area contributed by atoms with E-state index in [1.807, 2.05) is 23.2 Å². The molecule has 4 nitrogen and oxygen atoms in total. The van der Waals surface area contributed by atoms with Gasteiger partial charge in [0.1, 0.15) is 4.21 Å². The van der Waals surface area contributed by atoms with E-state index in [2.05, 4.69) is 26.1 Å². The van der Waals surface area contributed by atoms with E-state index in [0.29, 0.717) is 27.8 Å². The van der Waals surface area contributed by atoms with Gasteiger partial charge in [-0.05, 0) is 30.0 Å². The van der Waals surface area contributed by atoms with E-state index in [1.54, 1.807) is 4.31 Å². The zero-order valence-corrected chi connectivity index (χ0v) is 15.3. The average Bonchev–Trinajstić information content (AvgIpc) is 2.87. The average molecular weight is 349 g/mol. The van der Waals surface area contributed by atoms with Crippen molar-refractivity contribution in [1.29, 1.82) is 0 Å². The van der Waals surface area contributed by atoms with Crippen molar-refractivity contribution in [2.45, 2.75) is 48.4 Å². The first kappa shape index (κ1) is 17.3. The molecular weight excluding hydrogens is 324 g/mol. The van der Waals surface area contributed by atoms with Gasteiger partial charge in [-0.2, -0.15) is 16.1 Å². The summed E-state index contributed by atoms with van der Waals surface area (Å²) in [6.45, 7) is 9.22. The van der Waals surface area contributed by atoms with Crippen molar-refractivity contribution in [2.75, 3.05) is 19.6 Å². The molecule has 2 rings (SSSR count). The van der Waals surface area contributed by atoms with E-state index in [0.717, 1.165) is 25.1 Å². The van der Waals surface area contributed by atoms with Gasteiger partial charge in [-0.3, -0.25) is 0 Å². The first-order valence-corrected chi connectivity index (χ1v) is 10.6. The third-order valence-electron chi connectivity index (χ3n) is 3.37. The second-order valence-electron chi connectivity index (χ2n) is 5.53. The molecule has 2 heterocycles. The van der Waals surface area contributed by atoms with Crippen LogP contribution in [-0.4, -0.2) is 42.9 Å². The van der Waals surface area contributed by atoms with Crippen molar-refractivity contribution in [1.82, 2.24) is 9.62 Å². The molecule has 21 heavy (non-hydrogen) atoms. The maximum atomic E-state index is 12.7. The van der Waals surface area contributed by atoms with Crippen LogP contribution in [0.2, 0.25) is 0 Å². The number of thiophene rings is 1. The normalized spacial score (nSPS) is 24.3. The molecule has 1 N–H and O–H groups in total. The fourth-order valence-electron chi connectivity index (χ4n) is 2.44. The molecule has 0 aromatic carbocycles. The van der Waals surface area contributed by atoms with Gasteiger partial charge in [0.25, 0.3) is 10.0 Å². The number of hydrogen-bond donors (Lipinski definition) is 1. The lowest BCUT2D eigenvalue weighted by atomic mass is 10.3. The topological polar surface area (TPSA) is 49.4 Å². The Labute approximate surface area is 136 Å². The number of nitrogens with one attached hydrogen (secondary N) is 1. The molecule has 1 aliphatic rings. The van der Waals surface area contributed by atoms with Crippen LogP contribution in [0.4, 0.5) is 0 Å². The Hall–Kier alpha value is -0.0800. The summed E-state index contributed by atoms with van der Waals surface area (Å²) in [5.74, 6) is 0. The van der Waals surface area contributed by atoms with Crippen molar-refractivity contribution in [3.05, 3.63) is 17.0 Å². The molecule has 1 aromatic heterocycles. The summed E-state index contributed by atoms with van der Waals surface area (Å²) in [6, 6.07) is 1.82. The fourth-order valence-corrected chi connectivity index (χ4v) is 6.94. The molecule has 1 aliphatic heterocycles. The molecule has 0 saturated carbocycles. The van der Waals surface area contributed by atoms with Gasteiger partial charge in [-0.25, -0.2) is 8.42 Å². The van der Waals surface area contributed by atoms with Crippen LogP contribution in [0, 0.1) is 0 Å². The summed E-state index contributed by atoms with van der Waals surface area (Å²) in [4.78, 5) is 0. The second-order valence-corrected chi connectivity index (χ2v) is 10.5. The molecule has 0 radical (unpaired) electrons. The lowest BCUT2D eigenvalue weighted by Gasteiger charge is -2.33. The Morgan fingerprint density at radius 2 is 2.00 bits per heavy atom. The summed E-state index contributed by atoms with van der Waals surface area (Å²) in [5.41, 5.74) is 1.06. The van der Waals surface area contributed by atoms with Crippen LogP contribution >= 0.6 is 23.1 Å². The van der Waals surface area contributed by atoms with E-state index in [4.69, 9.17) is 0 Å². The third-order valence-corrected chi connectivity index (χ3v) is 7.89. The Morgan fingerprint density at radius 3 is 2.62 bits per heavy atom. The summed E-state index contributed by atoms with van der Waals surface area (Å²) in [7, 11) is -3.33. The van der Waals surface area contributed by atoms with Crippen LogP contribution in [-0.2, 0) is 16.6 Å². The molecule has 0 bridgehead atoms. The summed E-state index contributed by atoms with van der Waals surface area (Å²) >= 11 is 3.20. The lowest BCUT2D eigenvalue weighted by Crippen LogP contribution is -2.43. The lowest BCUT2D eigenvalue weighted by molar-refractivity contribution is 0.406. The highest BCUT2D eigenvalue weighted by Gasteiger charge is 2.32. The third kappa shape index (κ3) is 4.45. The van der Waals surface area contributed by atoms with Crippen molar-refractivity contribution < 1.29 is 8.42 Å². The van der Waals surface area contributed by atoms with E-state index < -0.39 is 10.0 Å². The molecule has 0 aliphatic carbocycles. The number of nitrogens with zero attached hydrogens (tertiary/aromatic N) is 1. The van der Waals surface area contributed by atoms with Crippen LogP contribution < -0.4 is 5.32 Å². The summed E-state index contributed by atoms with van der Waals surface area (Å²) in [6.07, 6.45) is 1.08. The second kappa shape index (κ2) is 7.46. The standard InChI is InChI=1S/C14H24N2O2S3/c1-4-5-15-7-13-6-14(19-10-13)21(17,18)16-8-11(2)20-12(3)9-16/h6,10-12,15H,4-5,7-9H2,1-3H3. The number of sulfonamides is 1. The zero-order valence-electron chi connectivity index (χ0n) is 12.8. The predicted octanol–water partition coefficient (Wildman–Crippen LogP) is 2.76. The SMILES string of the molecule is CCCNCc1csc(S(=O)(=O)N2CC(C)SC(C)C2)c1. The number of rotatable bonds is 6. The van der Waals surface area contributed by atoms with Gasteiger partial charge in [-0.15, -0.1) is 11.3 Å². The first-order chi connectivity index (χ1) is 9.93. The first-order valence-electron chi connectivity index (χ1n) is 7.37. The van der Waals surface area contributed by atoms with Gasteiger partial charge in [0.15, 0.2) is 0 Å². The van der Waals surface area contributed by atoms with Gasteiger partial charge in [0, 0.05) is 30.1 Å². The molecule has 7 heteroatoms. The Kier molecular flexibility index (Phi) is 6.14. The largest absolute Gasteiger partial charge is 0.313 e. The van der Waals surface area contributed by atoms with E-state index >= 15 is 0 Å². The highest BCUT2D eigenvalue weighted by Crippen LogP contribution is 2.31. The molecule has 0 amide bonds. The molecule has 2 unspecified atom stereocenters. The smallest absolute Gasteiger partial charge is 0.252 e. The number of thioether (sulfide) groups is 1. The van der Waals surface area contributed by atoms with Crippen LogP contribution in [0.5, 0.6) is 0 Å². The van der Waals surface area contributed by atoms with Crippen molar-refractivity contribution in [3.63, 3.8) is 0 Å². The maximum Gasteiger partial charge on any atom is 0.252 e. The van der Waals surface area contributed by atoms with Crippen molar-refractivity contribution >= 4 is 33.1 Å². The Balaban J connectivity index is 2.08.